The Morgan fingerprint density at radius 1 is 1.15 bits per heavy atom. The van der Waals surface area contributed by atoms with Gasteiger partial charge in [0, 0.05) is 35.9 Å². The highest BCUT2D eigenvalue weighted by Gasteiger charge is 2.33. The Hall–Kier alpha value is -2.68. The molecule has 0 saturated carbocycles. The van der Waals surface area contributed by atoms with Gasteiger partial charge in [0.05, 0.1) is 11.6 Å². The molecule has 1 unspecified atom stereocenters. The molecule has 1 aromatic heterocycles. The molecule has 0 fully saturated rings. The molecule has 1 aliphatic rings. The van der Waals surface area contributed by atoms with E-state index in [1.807, 2.05) is 37.3 Å². The lowest BCUT2D eigenvalue weighted by Gasteiger charge is -2.37. The van der Waals surface area contributed by atoms with E-state index in [0.717, 1.165) is 35.4 Å². The second-order valence-corrected chi connectivity index (χ2v) is 8.91. The standard InChI is InChI=1S/C25H28N4O2S2/c1-4-30-16-8-15-29-17(2)21(22(26-25(29)32)18-9-6-5-7-10-18)24-27-23(28-31-24)19-11-13-20(33-3)14-12-19/h5-7,9-14,22H,4,8,15-16H2,1-3H3,(H,26,32). The SMILES string of the molecule is CCOCCCN1C(=S)NC(c2ccccc2)C(c2nc(-c3ccc(SC)cc3)no2)=C1C. The molecule has 33 heavy (non-hydrogen) atoms. The summed E-state index contributed by atoms with van der Waals surface area (Å²) in [7, 11) is 0. The number of benzene rings is 2. The summed E-state index contributed by atoms with van der Waals surface area (Å²) in [5.74, 6) is 1.07. The smallest absolute Gasteiger partial charge is 0.258 e. The van der Waals surface area contributed by atoms with Crippen molar-refractivity contribution in [3.8, 4) is 11.4 Å². The summed E-state index contributed by atoms with van der Waals surface area (Å²) in [6, 6.07) is 18.2. The number of thioether (sulfide) groups is 1. The molecule has 1 atom stereocenters. The summed E-state index contributed by atoms with van der Waals surface area (Å²) in [5, 5.41) is 8.47. The van der Waals surface area contributed by atoms with Gasteiger partial charge in [-0.3, -0.25) is 0 Å². The molecule has 4 rings (SSSR count). The van der Waals surface area contributed by atoms with E-state index in [4.69, 9.17) is 26.5 Å². The van der Waals surface area contributed by atoms with Gasteiger partial charge < -0.3 is 19.5 Å². The van der Waals surface area contributed by atoms with Crippen molar-refractivity contribution in [2.24, 2.45) is 0 Å². The predicted molar refractivity (Wildman–Crippen MR) is 137 cm³/mol. The maximum atomic E-state index is 5.81. The number of rotatable bonds is 9. The molecule has 8 heteroatoms. The quantitative estimate of drug-likeness (QED) is 0.243. The van der Waals surface area contributed by atoms with Gasteiger partial charge in [-0.2, -0.15) is 4.98 Å². The first-order valence-electron chi connectivity index (χ1n) is 11.0. The van der Waals surface area contributed by atoms with Crippen LogP contribution < -0.4 is 5.32 Å². The number of nitrogens with one attached hydrogen (secondary N) is 1. The van der Waals surface area contributed by atoms with Crippen molar-refractivity contribution in [2.45, 2.75) is 31.2 Å². The van der Waals surface area contributed by atoms with Gasteiger partial charge in [0.1, 0.15) is 0 Å². The number of nitrogens with zero attached hydrogens (tertiary/aromatic N) is 3. The van der Waals surface area contributed by atoms with Crippen LogP contribution in [0.15, 0.2) is 69.7 Å². The Labute approximate surface area is 204 Å². The molecular weight excluding hydrogens is 452 g/mol. The van der Waals surface area contributed by atoms with Crippen LogP contribution in [0.5, 0.6) is 0 Å². The molecule has 0 amide bonds. The number of ether oxygens (including phenoxy) is 1. The van der Waals surface area contributed by atoms with E-state index >= 15 is 0 Å². The maximum Gasteiger partial charge on any atom is 0.258 e. The van der Waals surface area contributed by atoms with Crippen LogP contribution >= 0.6 is 24.0 Å². The summed E-state index contributed by atoms with van der Waals surface area (Å²) in [4.78, 5) is 8.07. The topological polar surface area (TPSA) is 63.4 Å². The van der Waals surface area contributed by atoms with Gasteiger partial charge in [-0.1, -0.05) is 35.5 Å². The molecule has 2 aromatic carbocycles. The van der Waals surface area contributed by atoms with Crippen molar-refractivity contribution in [1.29, 1.82) is 0 Å². The van der Waals surface area contributed by atoms with Crippen molar-refractivity contribution in [2.75, 3.05) is 26.0 Å². The average molecular weight is 481 g/mol. The van der Waals surface area contributed by atoms with Crippen molar-refractivity contribution < 1.29 is 9.26 Å². The minimum atomic E-state index is -0.172. The van der Waals surface area contributed by atoms with E-state index in [0.29, 0.717) is 30.0 Å². The molecule has 1 N–H and O–H groups in total. The zero-order chi connectivity index (χ0) is 23.2. The minimum absolute atomic E-state index is 0.172. The van der Waals surface area contributed by atoms with Gasteiger partial charge in [0.25, 0.3) is 5.89 Å². The van der Waals surface area contributed by atoms with Crippen molar-refractivity contribution in [3.63, 3.8) is 0 Å². The van der Waals surface area contributed by atoms with Crippen LogP contribution in [0.2, 0.25) is 0 Å². The van der Waals surface area contributed by atoms with Crippen molar-refractivity contribution >= 4 is 34.7 Å². The number of allylic oxidation sites excluding steroid dienone is 1. The van der Waals surface area contributed by atoms with Crippen LogP contribution in [0.3, 0.4) is 0 Å². The molecule has 1 aliphatic heterocycles. The highest BCUT2D eigenvalue weighted by atomic mass is 32.2. The molecule has 2 heterocycles. The zero-order valence-corrected chi connectivity index (χ0v) is 20.7. The lowest BCUT2D eigenvalue weighted by atomic mass is 9.95. The van der Waals surface area contributed by atoms with E-state index in [1.165, 1.54) is 4.90 Å². The largest absolute Gasteiger partial charge is 0.382 e. The van der Waals surface area contributed by atoms with Gasteiger partial charge in [-0.15, -0.1) is 11.8 Å². The van der Waals surface area contributed by atoms with Crippen LogP contribution in [0.1, 0.15) is 37.8 Å². The van der Waals surface area contributed by atoms with Gasteiger partial charge in [0.2, 0.25) is 5.82 Å². The molecule has 0 spiro atoms. The van der Waals surface area contributed by atoms with E-state index in [-0.39, 0.29) is 6.04 Å². The molecular formula is C25H28N4O2S2. The second kappa shape index (κ2) is 11.0. The third kappa shape index (κ3) is 5.29. The third-order valence-electron chi connectivity index (χ3n) is 5.61. The van der Waals surface area contributed by atoms with Crippen LogP contribution in [0, 0.1) is 0 Å². The number of thiocarbonyl (C=S) groups is 1. The Bertz CT molecular complexity index is 1110. The first-order chi connectivity index (χ1) is 16.1. The van der Waals surface area contributed by atoms with Crippen molar-refractivity contribution in [3.05, 3.63) is 71.7 Å². The van der Waals surface area contributed by atoms with Gasteiger partial charge in [0.15, 0.2) is 5.11 Å². The summed E-state index contributed by atoms with van der Waals surface area (Å²) < 4.78 is 11.3. The summed E-state index contributed by atoms with van der Waals surface area (Å²) >= 11 is 7.44. The van der Waals surface area contributed by atoms with Crippen LogP contribution in [-0.2, 0) is 4.74 Å². The van der Waals surface area contributed by atoms with E-state index in [2.05, 4.69) is 52.8 Å². The molecule has 0 bridgehead atoms. The highest BCUT2D eigenvalue weighted by Crippen LogP contribution is 2.37. The fourth-order valence-corrected chi connectivity index (χ4v) is 4.64. The van der Waals surface area contributed by atoms with Gasteiger partial charge >= 0.3 is 0 Å². The summed E-state index contributed by atoms with van der Waals surface area (Å²) in [6.07, 6.45) is 2.92. The van der Waals surface area contributed by atoms with Gasteiger partial charge in [-0.25, -0.2) is 0 Å². The minimum Gasteiger partial charge on any atom is -0.382 e. The Morgan fingerprint density at radius 2 is 1.91 bits per heavy atom. The highest BCUT2D eigenvalue weighted by molar-refractivity contribution is 7.98. The molecule has 0 radical (unpaired) electrons. The second-order valence-electron chi connectivity index (χ2n) is 7.65. The lowest BCUT2D eigenvalue weighted by Crippen LogP contribution is -2.46. The summed E-state index contributed by atoms with van der Waals surface area (Å²) in [6.45, 7) is 6.22. The molecule has 0 saturated heterocycles. The molecule has 3 aromatic rings. The first-order valence-corrected chi connectivity index (χ1v) is 12.7. The maximum absolute atomic E-state index is 5.81. The number of hydrogen-bond acceptors (Lipinski definition) is 6. The third-order valence-corrected chi connectivity index (χ3v) is 6.69. The van der Waals surface area contributed by atoms with Crippen LogP contribution in [-0.4, -0.2) is 46.2 Å². The zero-order valence-electron chi connectivity index (χ0n) is 19.1. The normalized spacial score (nSPS) is 16.3. The number of hydrogen-bond donors (Lipinski definition) is 1. The Kier molecular flexibility index (Phi) is 7.80. The fourth-order valence-electron chi connectivity index (χ4n) is 3.88. The van der Waals surface area contributed by atoms with Gasteiger partial charge in [-0.05, 0) is 68.6 Å². The predicted octanol–water partition coefficient (Wildman–Crippen LogP) is 5.55. The van der Waals surface area contributed by atoms with Crippen LogP contribution in [0.4, 0.5) is 0 Å². The lowest BCUT2D eigenvalue weighted by molar-refractivity contribution is 0.141. The van der Waals surface area contributed by atoms with E-state index in [9.17, 15) is 0 Å². The number of aromatic nitrogens is 2. The Morgan fingerprint density at radius 3 is 2.61 bits per heavy atom. The average Bonchev–Trinajstić information content (AvgIpc) is 3.33. The summed E-state index contributed by atoms with van der Waals surface area (Å²) in [5.41, 5.74) is 3.96. The monoisotopic (exact) mass is 480 g/mol. The first kappa shape index (κ1) is 23.5. The molecule has 6 nitrogen and oxygen atoms in total. The Balaban J connectivity index is 1.70. The van der Waals surface area contributed by atoms with E-state index in [1.54, 1.807) is 11.8 Å². The van der Waals surface area contributed by atoms with Crippen molar-refractivity contribution in [1.82, 2.24) is 20.4 Å². The molecule has 0 aliphatic carbocycles. The van der Waals surface area contributed by atoms with Crippen LogP contribution in [0.25, 0.3) is 17.0 Å². The molecule has 172 valence electrons. The van der Waals surface area contributed by atoms with E-state index < -0.39 is 0 Å². The fraction of sp³-hybridized carbons (Fsp3) is 0.320.